The molecule has 0 aliphatic carbocycles. The second-order valence-corrected chi connectivity index (χ2v) is 4.77. The molecule has 1 unspecified atom stereocenters. The van der Waals surface area contributed by atoms with E-state index in [-0.39, 0.29) is 19.4 Å². The Balaban J connectivity index is 4.44. The molecule has 6 nitrogen and oxygen atoms in total. The number of carboxylic acid groups (broad SMARTS) is 1. The van der Waals surface area contributed by atoms with Crippen LogP contribution in [0.1, 0.15) is 40.5 Å². The summed E-state index contributed by atoms with van der Waals surface area (Å²) < 4.78 is 9.65. The quantitative estimate of drug-likeness (QED) is 0.573. The summed E-state index contributed by atoms with van der Waals surface area (Å²) in [4.78, 5) is 33.7. The molecule has 1 atom stereocenters. The molecule has 0 aromatic carbocycles. The molecule has 0 aromatic heterocycles. The van der Waals surface area contributed by atoms with Crippen molar-refractivity contribution in [2.24, 2.45) is 5.92 Å². The van der Waals surface area contributed by atoms with Crippen molar-refractivity contribution in [3.8, 4) is 0 Å². The number of carbonyl (C=O) groups excluding carboxylic acids is 2. The topological polar surface area (TPSA) is 89.9 Å². The SMILES string of the molecule is CCOC(=O)CCC(C(=O)O)C(=O)OC(C)(C)C. The van der Waals surface area contributed by atoms with Crippen LogP contribution in [0.3, 0.4) is 0 Å². The molecule has 0 fully saturated rings. The van der Waals surface area contributed by atoms with E-state index in [9.17, 15) is 14.4 Å². The number of ether oxygens (including phenoxy) is 2. The van der Waals surface area contributed by atoms with E-state index in [0.29, 0.717) is 0 Å². The Morgan fingerprint density at radius 3 is 2.17 bits per heavy atom. The highest BCUT2D eigenvalue weighted by Gasteiger charge is 2.31. The number of hydrogen-bond acceptors (Lipinski definition) is 5. The van der Waals surface area contributed by atoms with Gasteiger partial charge in [-0.15, -0.1) is 0 Å². The van der Waals surface area contributed by atoms with Gasteiger partial charge in [0.05, 0.1) is 6.61 Å². The lowest BCUT2D eigenvalue weighted by molar-refractivity contribution is -0.167. The van der Waals surface area contributed by atoms with Crippen LogP contribution in [0.25, 0.3) is 0 Å². The van der Waals surface area contributed by atoms with Crippen molar-refractivity contribution >= 4 is 17.9 Å². The number of carboxylic acids is 1. The van der Waals surface area contributed by atoms with Crippen LogP contribution in [0, 0.1) is 5.92 Å². The third-order valence-electron chi connectivity index (χ3n) is 1.93. The highest BCUT2D eigenvalue weighted by atomic mass is 16.6. The van der Waals surface area contributed by atoms with Crippen molar-refractivity contribution in [3.05, 3.63) is 0 Å². The van der Waals surface area contributed by atoms with Crippen molar-refractivity contribution < 1.29 is 29.0 Å². The van der Waals surface area contributed by atoms with Gasteiger partial charge in [-0.25, -0.2) is 0 Å². The molecule has 18 heavy (non-hydrogen) atoms. The van der Waals surface area contributed by atoms with Crippen LogP contribution in [0.2, 0.25) is 0 Å². The maximum atomic E-state index is 11.6. The predicted octanol–water partition coefficient (Wildman–Crippen LogP) is 1.37. The van der Waals surface area contributed by atoms with Crippen LogP contribution in [0.4, 0.5) is 0 Å². The lowest BCUT2D eigenvalue weighted by Gasteiger charge is -2.22. The van der Waals surface area contributed by atoms with E-state index in [1.807, 2.05) is 0 Å². The van der Waals surface area contributed by atoms with Gasteiger partial charge < -0.3 is 14.6 Å². The lowest BCUT2D eigenvalue weighted by Crippen LogP contribution is -2.33. The van der Waals surface area contributed by atoms with Crippen molar-refractivity contribution in [3.63, 3.8) is 0 Å². The molecule has 104 valence electrons. The van der Waals surface area contributed by atoms with Gasteiger partial charge in [-0.3, -0.25) is 14.4 Å². The first-order valence-corrected chi connectivity index (χ1v) is 5.78. The molecular formula is C12H20O6. The Bertz CT molecular complexity index is 315. The molecule has 0 radical (unpaired) electrons. The zero-order chi connectivity index (χ0) is 14.3. The summed E-state index contributed by atoms with van der Waals surface area (Å²) in [6.07, 6.45) is -0.243. The fraction of sp³-hybridized carbons (Fsp3) is 0.750. The highest BCUT2D eigenvalue weighted by Crippen LogP contribution is 2.15. The third-order valence-corrected chi connectivity index (χ3v) is 1.93. The van der Waals surface area contributed by atoms with Crippen LogP contribution >= 0.6 is 0 Å². The van der Waals surface area contributed by atoms with E-state index < -0.39 is 29.4 Å². The van der Waals surface area contributed by atoms with Gasteiger partial charge in [-0.2, -0.15) is 0 Å². The van der Waals surface area contributed by atoms with Crippen LogP contribution in [0.5, 0.6) is 0 Å². The van der Waals surface area contributed by atoms with Crippen LogP contribution in [-0.2, 0) is 23.9 Å². The molecule has 0 amide bonds. The molecule has 0 aliphatic heterocycles. The van der Waals surface area contributed by atoms with E-state index in [1.165, 1.54) is 0 Å². The average Bonchev–Trinajstić information content (AvgIpc) is 2.14. The van der Waals surface area contributed by atoms with Crippen LogP contribution in [-0.4, -0.2) is 35.2 Å². The molecule has 6 heteroatoms. The van der Waals surface area contributed by atoms with Crippen LogP contribution in [0.15, 0.2) is 0 Å². The number of hydrogen-bond donors (Lipinski definition) is 1. The first-order chi connectivity index (χ1) is 8.17. The fourth-order valence-electron chi connectivity index (χ4n) is 1.21. The average molecular weight is 260 g/mol. The first kappa shape index (κ1) is 16.4. The van der Waals surface area contributed by atoms with Crippen LogP contribution < -0.4 is 0 Å². The lowest BCUT2D eigenvalue weighted by atomic mass is 10.0. The fourth-order valence-corrected chi connectivity index (χ4v) is 1.21. The Hall–Kier alpha value is -1.59. The molecule has 0 saturated heterocycles. The van der Waals surface area contributed by atoms with Gasteiger partial charge in [-0.05, 0) is 34.1 Å². The maximum absolute atomic E-state index is 11.6. The summed E-state index contributed by atoms with van der Waals surface area (Å²) in [5.41, 5.74) is -0.755. The number of carbonyl (C=O) groups is 3. The summed E-state index contributed by atoms with van der Waals surface area (Å²) in [7, 11) is 0. The molecule has 0 saturated carbocycles. The Morgan fingerprint density at radius 2 is 1.78 bits per heavy atom. The second kappa shape index (κ2) is 6.98. The highest BCUT2D eigenvalue weighted by molar-refractivity contribution is 5.94. The largest absolute Gasteiger partial charge is 0.481 e. The molecule has 0 spiro atoms. The van der Waals surface area contributed by atoms with E-state index in [4.69, 9.17) is 9.84 Å². The summed E-state index contributed by atoms with van der Waals surface area (Å²) in [5, 5.41) is 8.93. The third kappa shape index (κ3) is 6.88. The standard InChI is InChI=1S/C12H20O6/c1-5-17-9(13)7-6-8(10(14)15)11(16)18-12(2,3)4/h8H,5-7H2,1-4H3,(H,14,15). The van der Waals surface area contributed by atoms with Crippen molar-refractivity contribution in [2.75, 3.05) is 6.61 Å². The van der Waals surface area contributed by atoms with Gasteiger partial charge in [-0.1, -0.05) is 0 Å². The molecule has 1 N–H and O–H groups in total. The minimum Gasteiger partial charge on any atom is -0.481 e. The van der Waals surface area contributed by atoms with Crippen molar-refractivity contribution in [2.45, 2.75) is 46.1 Å². The molecule has 0 rings (SSSR count). The van der Waals surface area contributed by atoms with Gasteiger partial charge in [0.15, 0.2) is 5.92 Å². The predicted molar refractivity (Wildman–Crippen MR) is 62.8 cm³/mol. The van der Waals surface area contributed by atoms with Gasteiger partial charge in [0.2, 0.25) is 0 Å². The van der Waals surface area contributed by atoms with Gasteiger partial charge in [0.1, 0.15) is 5.60 Å². The summed E-state index contributed by atoms with van der Waals surface area (Å²) in [6.45, 7) is 6.82. The van der Waals surface area contributed by atoms with E-state index in [2.05, 4.69) is 4.74 Å². The first-order valence-electron chi connectivity index (χ1n) is 5.78. The summed E-state index contributed by atoms with van der Waals surface area (Å²) in [6, 6.07) is 0. The van der Waals surface area contributed by atoms with Gasteiger partial charge in [0, 0.05) is 6.42 Å². The minimum atomic E-state index is -1.34. The van der Waals surface area contributed by atoms with Crippen molar-refractivity contribution in [1.29, 1.82) is 0 Å². The number of aliphatic carboxylic acids is 1. The van der Waals surface area contributed by atoms with Crippen molar-refractivity contribution in [1.82, 2.24) is 0 Å². The normalized spacial score (nSPS) is 12.7. The second-order valence-electron chi connectivity index (χ2n) is 4.77. The van der Waals surface area contributed by atoms with E-state index in [1.54, 1.807) is 27.7 Å². The molecule has 0 aliphatic rings. The van der Waals surface area contributed by atoms with E-state index in [0.717, 1.165) is 0 Å². The number of esters is 2. The Labute approximate surface area is 106 Å². The zero-order valence-electron chi connectivity index (χ0n) is 11.2. The monoisotopic (exact) mass is 260 g/mol. The molecule has 0 heterocycles. The number of rotatable bonds is 6. The molecular weight excluding hydrogens is 240 g/mol. The smallest absolute Gasteiger partial charge is 0.320 e. The van der Waals surface area contributed by atoms with E-state index >= 15 is 0 Å². The Morgan fingerprint density at radius 1 is 1.22 bits per heavy atom. The molecule has 0 aromatic rings. The zero-order valence-corrected chi connectivity index (χ0v) is 11.2. The van der Waals surface area contributed by atoms with Gasteiger partial charge in [0.25, 0.3) is 0 Å². The molecule has 0 bridgehead atoms. The minimum absolute atomic E-state index is 0.121. The summed E-state index contributed by atoms with van der Waals surface area (Å²) >= 11 is 0. The Kier molecular flexibility index (Phi) is 6.36. The maximum Gasteiger partial charge on any atom is 0.320 e. The summed E-state index contributed by atoms with van der Waals surface area (Å²) in [5.74, 6) is -3.99. The van der Waals surface area contributed by atoms with Gasteiger partial charge >= 0.3 is 17.9 Å².